The maximum atomic E-state index is 3.45. The summed E-state index contributed by atoms with van der Waals surface area (Å²) in [7, 11) is 0. The van der Waals surface area contributed by atoms with E-state index >= 15 is 0 Å². The molecule has 1 nitrogen and oxygen atoms in total. The highest BCUT2D eigenvalue weighted by molar-refractivity contribution is 7.17. The number of fused-ring (bicyclic) bond motifs is 1. The number of aryl methyl sites for hydroxylation is 2. The Kier molecular flexibility index (Phi) is 2.93. The summed E-state index contributed by atoms with van der Waals surface area (Å²) >= 11 is 1.92. The monoisotopic (exact) mass is 245 g/mol. The number of thiophene rings is 1. The molecule has 0 aliphatic carbocycles. The molecule has 1 N–H and O–H groups in total. The van der Waals surface area contributed by atoms with E-state index in [0.29, 0.717) is 0 Å². The number of hydrogen-bond donors (Lipinski definition) is 1. The van der Waals surface area contributed by atoms with Crippen LogP contribution in [0.5, 0.6) is 0 Å². The van der Waals surface area contributed by atoms with Gasteiger partial charge >= 0.3 is 0 Å². The van der Waals surface area contributed by atoms with E-state index in [-0.39, 0.29) is 0 Å². The summed E-state index contributed by atoms with van der Waals surface area (Å²) in [5.74, 6) is 0.770. The van der Waals surface area contributed by atoms with Gasteiger partial charge in [0.15, 0.2) is 0 Å². The van der Waals surface area contributed by atoms with E-state index in [0.717, 1.165) is 5.92 Å². The van der Waals surface area contributed by atoms with Gasteiger partial charge in [0.1, 0.15) is 0 Å². The third-order valence-electron chi connectivity index (χ3n) is 3.81. The second-order valence-electron chi connectivity index (χ2n) is 5.17. The van der Waals surface area contributed by atoms with Crippen LogP contribution in [0.4, 0.5) is 0 Å². The Balaban J connectivity index is 2.10. The van der Waals surface area contributed by atoms with Crippen molar-refractivity contribution in [1.82, 2.24) is 5.32 Å². The molecular formula is C15H19NS. The van der Waals surface area contributed by atoms with Gasteiger partial charge in [-0.05, 0) is 67.6 Å². The first-order valence-electron chi connectivity index (χ1n) is 6.45. The summed E-state index contributed by atoms with van der Waals surface area (Å²) in [5, 5.41) is 7.36. The van der Waals surface area contributed by atoms with Crippen LogP contribution in [0, 0.1) is 13.8 Å². The number of rotatable bonds is 1. The molecule has 0 atom stereocenters. The van der Waals surface area contributed by atoms with Gasteiger partial charge < -0.3 is 5.32 Å². The van der Waals surface area contributed by atoms with Crippen LogP contribution in [-0.4, -0.2) is 13.1 Å². The quantitative estimate of drug-likeness (QED) is 0.801. The summed E-state index contributed by atoms with van der Waals surface area (Å²) in [6, 6.07) is 4.67. The van der Waals surface area contributed by atoms with Crippen LogP contribution in [0.25, 0.3) is 10.1 Å². The topological polar surface area (TPSA) is 12.0 Å². The minimum absolute atomic E-state index is 0.770. The average Bonchev–Trinajstić information content (AvgIpc) is 2.74. The van der Waals surface area contributed by atoms with Gasteiger partial charge in [0.2, 0.25) is 0 Å². The first-order chi connectivity index (χ1) is 8.25. The Bertz CT molecular complexity index is 535. The van der Waals surface area contributed by atoms with Crippen molar-refractivity contribution in [3.8, 4) is 0 Å². The van der Waals surface area contributed by atoms with Crippen LogP contribution in [-0.2, 0) is 0 Å². The standard InChI is InChI=1S/C15H19NS/c1-10-7-11(2)15-13(8-10)14(9-17-15)12-3-5-16-6-4-12/h7-9,12,16H,3-6H2,1-2H3. The van der Waals surface area contributed by atoms with Gasteiger partial charge in [-0.1, -0.05) is 17.7 Å². The van der Waals surface area contributed by atoms with Crippen molar-refractivity contribution in [2.75, 3.05) is 13.1 Å². The summed E-state index contributed by atoms with van der Waals surface area (Å²) in [6.45, 7) is 6.79. The van der Waals surface area contributed by atoms with E-state index in [1.807, 2.05) is 11.3 Å². The molecule has 2 heteroatoms. The summed E-state index contributed by atoms with van der Waals surface area (Å²) in [5.41, 5.74) is 4.42. The van der Waals surface area contributed by atoms with Crippen molar-refractivity contribution in [3.05, 3.63) is 34.2 Å². The summed E-state index contributed by atoms with van der Waals surface area (Å²) < 4.78 is 1.49. The van der Waals surface area contributed by atoms with Gasteiger partial charge in [-0.2, -0.15) is 0 Å². The zero-order valence-corrected chi connectivity index (χ0v) is 11.4. The number of benzene rings is 1. The van der Waals surface area contributed by atoms with Crippen molar-refractivity contribution in [2.45, 2.75) is 32.6 Å². The van der Waals surface area contributed by atoms with Gasteiger partial charge in [-0.15, -0.1) is 11.3 Å². The lowest BCUT2D eigenvalue weighted by Gasteiger charge is -2.22. The molecule has 2 heterocycles. The van der Waals surface area contributed by atoms with Gasteiger partial charge in [0, 0.05) is 4.70 Å². The van der Waals surface area contributed by atoms with E-state index in [4.69, 9.17) is 0 Å². The molecule has 0 saturated carbocycles. The Morgan fingerprint density at radius 1 is 1.18 bits per heavy atom. The van der Waals surface area contributed by atoms with Crippen LogP contribution < -0.4 is 5.32 Å². The molecule has 1 aliphatic rings. The van der Waals surface area contributed by atoms with Crippen molar-refractivity contribution < 1.29 is 0 Å². The first-order valence-corrected chi connectivity index (χ1v) is 7.33. The molecule has 1 aromatic carbocycles. The maximum absolute atomic E-state index is 3.45. The summed E-state index contributed by atoms with van der Waals surface area (Å²) in [4.78, 5) is 0. The fourth-order valence-corrected chi connectivity index (χ4v) is 4.07. The minimum atomic E-state index is 0.770. The van der Waals surface area contributed by atoms with Gasteiger partial charge in [0.25, 0.3) is 0 Å². The molecular weight excluding hydrogens is 226 g/mol. The number of hydrogen-bond acceptors (Lipinski definition) is 2. The predicted molar refractivity (Wildman–Crippen MR) is 76.1 cm³/mol. The number of piperidine rings is 1. The Labute approximate surface area is 107 Å². The lowest BCUT2D eigenvalue weighted by molar-refractivity contribution is 0.463. The van der Waals surface area contributed by atoms with E-state index < -0.39 is 0 Å². The highest BCUT2D eigenvalue weighted by atomic mass is 32.1. The average molecular weight is 245 g/mol. The summed E-state index contributed by atoms with van der Waals surface area (Å²) in [6.07, 6.45) is 2.58. The van der Waals surface area contributed by atoms with Crippen molar-refractivity contribution in [2.24, 2.45) is 0 Å². The van der Waals surface area contributed by atoms with Crippen LogP contribution in [0.2, 0.25) is 0 Å². The third-order valence-corrected chi connectivity index (χ3v) is 4.96. The fourth-order valence-electron chi connectivity index (χ4n) is 2.96. The Morgan fingerprint density at radius 3 is 2.71 bits per heavy atom. The molecule has 0 bridgehead atoms. The second-order valence-corrected chi connectivity index (χ2v) is 6.05. The van der Waals surface area contributed by atoms with E-state index in [9.17, 15) is 0 Å². The smallest absolute Gasteiger partial charge is 0.0375 e. The van der Waals surface area contributed by atoms with Crippen molar-refractivity contribution in [1.29, 1.82) is 0 Å². The third kappa shape index (κ3) is 2.00. The molecule has 1 aliphatic heterocycles. The molecule has 3 rings (SSSR count). The molecule has 90 valence electrons. The van der Waals surface area contributed by atoms with Crippen LogP contribution >= 0.6 is 11.3 Å². The van der Waals surface area contributed by atoms with Gasteiger partial charge in [0.05, 0.1) is 0 Å². The van der Waals surface area contributed by atoms with Crippen LogP contribution in [0.15, 0.2) is 17.5 Å². The van der Waals surface area contributed by atoms with E-state index in [1.54, 1.807) is 5.56 Å². The zero-order valence-electron chi connectivity index (χ0n) is 10.5. The lowest BCUT2D eigenvalue weighted by Crippen LogP contribution is -2.26. The van der Waals surface area contributed by atoms with Crippen LogP contribution in [0.3, 0.4) is 0 Å². The molecule has 0 spiro atoms. The van der Waals surface area contributed by atoms with Gasteiger partial charge in [-0.25, -0.2) is 0 Å². The highest BCUT2D eigenvalue weighted by Crippen LogP contribution is 2.37. The van der Waals surface area contributed by atoms with E-state index in [2.05, 4.69) is 36.7 Å². The minimum Gasteiger partial charge on any atom is -0.317 e. The van der Waals surface area contributed by atoms with E-state index in [1.165, 1.54) is 47.1 Å². The van der Waals surface area contributed by atoms with Crippen molar-refractivity contribution >= 4 is 21.4 Å². The molecule has 1 saturated heterocycles. The largest absolute Gasteiger partial charge is 0.317 e. The predicted octanol–water partition coefficient (Wildman–Crippen LogP) is 3.99. The Morgan fingerprint density at radius 2 is 1.94 bits per heavy atom. The molecule has 0 amide bonds. The fraction of sp³-hybridized carbons (Fsp3) is 0.467. The lowest BCUT2D eigenvalue weighted by atomic mass is 9.89. The number of nitrogens with one attached hydrogen (secondary N) is 1. The molecule has 1 fully saturated rings. The second kappa shape index (κ2) is 4.43. The molecule has 2 aromatic rings. The Hall–Kier alpha value is -0.860. The highest BCUT2D eigenvalue weighted by Gasteiger charge is 2.19. The molecule has 17 heavy (non-hydrogen) atoms. The first kappa shape index (κ1) is 11.2. The molecule has 0 unspecified atom stereocenters. The molecule has 0 radical (unpaired) electrons. The van der Waals surface area contributed by atoms with Crippen molar-refractivity contribution in [3.63, 3.8) is 0 Å². The normalized spacial score (nSPS) is 17.8. The van der Waals surface area contributed by atoms with Gasteiger partial charge in [-0.3, -0.25) is 0 Å². The molecule has 1 aromatic heterocycles. The van der Waals surface area contributed by atoms with Crippen LogP contribution in [0.1, 0.15) is 35.4 Å². The zero-order chi connectivity index (χ0) is 11.8. The SMILES string of the molecule is Cc1cc(C)c2scc(C3CCNCC3)c2c1. The maximum Gasteiger partial charge on any atom is 0.0375 e.